The summed E-state index contributed by atoms with van der Waals surface area (Å²) >= 11 is 0.818. The van der Waals surface area contributed by atoms with Gasteiger partial charge in [-0.2, -0.15) is 0 Å². The van der Waals surface area contributed by atoms with Crippen LogP contribution < -0.4 is 75.3 Å². The van der Waals surface area contributed by atoms with Gasteiger partial charge in [0.05, 0.1) is 31.9 Å². The van der Waals surface area contributed by atoms with Crippen molar-refractivity contribution in [1.29, 1.82) is 0 Å². The zero-order chi connectivity index (χ0) is 84.9. The molecule has 1 aromatic heterocycles. The van der Waals surface area contributed by atoms with E-state index in [0.717, 1.165) is 16.7 Å². The minimum Gasteiger partial charge on any atom is -0.508 e. The number of benzene rings is 5. The van der Waals surface area contributed by atoms with Gasteiger partial charge in [0.15, 0.2) is 0 Å². The lowest BCUT2D eigenvalue weighted by molar-refractivity contribution is -0.143. The molecule has 1 fully saturated rings. The number of nitrogens with two attached hydrogens (primary N) is 2. The summed E-state index contributed by atoms with van der Waals surface area (Å²) in [5.74, 6) is -17.3. The third kappa shape index (κ3) is 28.6. The second kappa shape index (κ2) is 44.3. The molecule has 622 valence electrons. The lowest BCUT2D eigenvalue weighted by Gasteiger charge is -2.33. The number of para-hydroxylation sites is 1. The summed E-state index contributed by atoms with van der Waals surface area (Å²) < 4.78 is 0. The summed E-state index contributed by atoms with van der Waals surface area (Å²) in [7, 11) is 1.30. The number of carbonyl (C=O) groups excluding carboxylic acids is 15. The number of thioether (sulfide) groups is 1. The van der Waals surface area contributed by atoms with Crippen LogP contribution in [0.25, 0.3) is 10.9 Å². The largest absolute Gasteiger partial charge is 0.508 e. The summed E-state index contributed by atoms with van der Waals surface area (Å²) in [5.41, 5.74) is 14.1. The van der Waals surface area contributed by atoms with Gasteiger partial charge in [-0.3, -0.25) is 71.9 Å². The zero-order valence-corrected chi connectivity index (χ0v) is 66.3. The van der Waals surface area contributed by atoms with Crippen LogP contribution in [0, 0.1) is 17.8 Å². The molecule has 20 N–H and O–H groups in total. The fraction of sp³-hybridized carbons (Fsp3) is 0.420. The van der Waals surface area contributed by atoms with Crippen LogP contribution in [-0.4, -0.2) is 219 Å². The molecule has 5 aromatic carbocycles. The lowest BCUT2D eigenvalue weighted by atomic mass is 9.98. The number of aromatic nitrogens is 1. The number of hydrogen-bond donors (Lipinski definition) is 18. The number of phenols is 2. The van der Waals surface area contributed by atoms with Gasteiger partial charge in [0.1, 0.15) is 78.0 Å². The highest BCUT2D eigenvalue weighted by molar-refractivity contribution is 8.00. The number of H-pyrrole nitrogens is 1. The Labute approximate surface area is 674 Å². The quantitative estimate of drug-likeness (QED) is 0.0404. The van der Waals surface area contributed by atoms with Gasteiger partial charge in [-0.1, -0.05) is 145 Å². The number of aliphatic hydroxyl groups excluding tert-OH is 1. The molecule has 1 aliphatic heterocycles. The summed E-state index contributed by atoms with van der Waals surface area (Å²) in [4.78, 5) is 219. The van der Waals surface area contributed by atoms with Crippen molar-refractivity contribution in [2.75, 3.05) is 38.2 Å². The third-order valence-corrected chi connectivity index (χ3v) is 19.9. The van der Waals surface area contributed by atoms with Gasteiger partial charge in [-0.15, -0.1) is 11.8 Å². The smallest absolute Gasteiger partial charge is 0.245 e. The molecule has 116 heavy (non-hydrogen) atoms. The number of amides is 15. The van der Waals surface area contributed by atoms with Gasteiger partial charge >= 0.3 is 0 Å². The molecule has 0 unspecified atom stereocenters. The van der Waals surface area contributed by atoms with Crippen molar-refractivity contribution in [1.82, 2.24) is 73.7 Å². The SMILES string of the molecule is CC(C)C[C@@H]1NC(=O)[C@H](Cc2ccc(O)cc2)NC(=O)[C@H](Cc2ccccc2)NC(=O)CSC[C@@H](C(=O)NCC(N)=O)NC(=O)[C@H](CC(C)C)NC(=O)[C@H](Cc2ccccc2)N(C)C(=O)[C@H](Cc2ccc(O)cc2)NC(=O)[C@H](Cc2c[nH]c3ccccc23)NC(=O)CNC(=O)[C@H](CO)NC(=O)[C@H](CC(N)=O)NC(=O)[C@H](C(C)C)NC1=O. The molecule has 7 rings (SSSR count). The molecule has 1 aliphatic rings. The monoisotopic (exact) mass is 1620 g/mol. The van der Waals surface area contributed by atoms with Crippen molar-refractivity contribution in [2.45, 2.75) is 159 Å². The molecule has 35 heteroatoms. The molecule has 2 heterocycles. The first kappa shape index (κ1) is 90.8. The van der Waals surface area contributed by atoms with Crippen LogP contribution in [-0.2, 0) is 104 Å². The second-order valence-corrected chi connectivity index (χ2v) is 30.6. The van der Waals surface area contributed by atoms with E-state index in [4.69, 9.17) is 11.5 Å². The Hall–Kier alpha value is -12.4. The molecule has 0 saturated carbocycles. The number of phenolic OH excluding ortho intramolecular Hbond substituents is 2. The highest BCUT2D eigenvalue weighted by Gasteiger charge is 2.40. The highest BCUT2D eigenvalue weighted by Crippen LogP contribution is 2.23. The van der Waals surface area contributed by atoms with Crippen molar-refractivity contribution < 1.29 is 87.2 Å². The summed E-state index contributed by atoms with van der Waals surface area (Å²) in [5, 5.41) is 62.7. The minimum absolute atomic E-state index is 0.0698. The molecule has 15 amide bonds. The molecule has 0 bridgehead atoms. The Morgan fingerprint density at radius 1 is 0.474 bits per heavy atom. The topological polar surface area (TPSA) is 532 Å². The standard InChI is InChI=1S/C81H104N16O18S/c1-44(2)30-56-73(107)95-64(72(106)85-39-67(83)102)42-116-43-69(104)88-58(32-47-16-10-8-11-17-47)74(108)90-59(33-49-22-26-52(99)27-23-49)75(109)89-57(31-45(3)4)78(112)96-70(46(5)6)80(114)92-61(37-66(82)101)77(111)94-63(41-98)71(105)86-40-68(103)87-60(36-51-38-84-55-21-15-14-20-54(51)55)76(110)93-62(34-50-24-28-53(100)29-25-50)81(115)97(7)65(79(113)91-56)35-48-18-12-9-13-19-48/h8-29,38,44-46,56-65,70,84,98-100H,30-37,39-43H2,1-7H3,(H2,82,101)(H2,83,102)(H,85,106)(H,86,105)(H,87,103)(H,88,104)(H,89,109)(H,90,108)(H,91,113)(H,92,114)(H,93,110)(H,94,111)(H,95,107)(H,96,112)/t56-,57-,58-,59-,60-,61-,62-,63-,64-,65-,70-/m0/s1. The number of carbonyl (C=O) groups is 15. The van der Waals surface area contributed by atoms with Gasteiger partial charge in [0.25, 0.3) is 0 Å². The number of nitrogens with zero attached hydrogens (tertiary/aromatic N) is 1. The van der Waals surface area contributed by atoms with E-state index >= 15 is 14.4 Å². The van der Waals surface area contributed by atoms with Gasteiger partial charge in [-0.05, 0) is 88.7 Å². The normalized spacial score (nSPS) is 22.5. The van der Waals surface area contributed by atoms with E-state index in [9.17, 15) is 72.9 Å². The van der Waals surface area contributed by atoms with Crippen molar-refractivity contribution in [3.63, 3.8) is 0 Å². The number of primary amides is 2. The van der Waals surface area contributed by atoms with Crippen LogP contribution in [0.1, 0.15) is 88.6 Å². The van der Waals surface area contributed by atoms with Gasteiger partial charge < -0.3 is 100 Å². The maximum atomic E-state index is 15.5. The Balaban J connectivity index is 1.30. The van der Waals surface area contributed by atoms with Crippen LogP contribution in [0.4, 0.5) is 0 Å². The molecule has 11 atom stereocenters. The molecule has 1 saturated heterocycles. The maximum Gasteiger partial charge on any atom is 0.245 e. The second-order valence-electron chi connectivity index (χ2n) is 29.6. The average Bonchev–Trinajstić information content (AvgIpc) is 1.48. The molecular formula is C81H104N16O18S. The van der Waals surface area contributed by atoms with Crippen molar-refractivity contribution >= 4 is 111 Å². The van der Waals surface area contributed by atoms with Crippen LogP contribution >= 0.6 is 11.8 Å². The fourth-order valence-electron chi connectivity index (χ4n) is 12.8. The number of aromatic amines is 1. The van der Waals surface area contributed by atoms with E-state index < -0.39 is 193 Å². The van der Waals surface area contributed by atoms with Crippen LogP contribution in [0.2, 0.25) is 0 Å². The Morgan fingerprint density at radius 3 is 1.47 bits per heavy atom. The summed E-state index contributed by atoms with van der Waals surface area (Å²) in [6.45, 7) is 7.31. The van der Waals surface area contributed by atoms with Crippen LogP contribution in [0.15, 0.2) is 140 Å². The highest BCUT2D eigenvalue weighted by atomic mass is 32.2. The van der Waals surface area contributed by atoms with E-state index in [0.29, 0.717) is 38.7 Å². The average molecular weight is 1620 g/mol. The number of aromatic hydroxyl groups is 2. The lowest BCUT2D eigenvalue weighted by Crippen LogP contribution is -2.61. The molecule has 0 aliphatic carbocycles. The summed E-state index contributed by atoms with van der Waals surface area (Å²) in [6, 6.07) is 17.9. The van der Waals surface area contributed by atoms with Gasteiger partial charge in [0, 0.05) is 62.0 Å². The van der Waals surface area contributed by atoms with Gasteiger partial charge in [-0.25, -0.2) is 0 Å². The van der Waals surface area contributed by atoms with E-state index in [1.807, 2.05) is 0 Å². The number of likely N-dealkylation sites (N-methyl/N-ethyl adjacent to an activating group) is 1. The molecule has 34 nitrogen and oxygen atoms in total. The molecule has 0 spiro atoms. The van der Waals surface area contributed by atoms with Crippen LogP contribution in [0.5, 0.6) is 11.5 Å². The zero-order valence-electron chi connectivity index (χ0n) is 65.5. The van der Waals surface area contributed by atoms with Crippen molar-refractivity contribution in [3.8, 4) is 11.5 Å². The Morgan fingerprint density at radius 2 is 0.922 bits per heavy atom. The number of aliphatic hydroxyl groups is 1. The fourth-order valence-corrected chi connectivity index (χ4v) is 13.6. The Kier molecular flexibility index (Phi) is 34.7. The maximum absolute atomic E-state index is 15.5. The first-order chi connectivity index (χ1) is 55.1. The Bertz CT molecular complexity index is 4440. The molecule has 6 aromatic rings. The van der Waals surface area contributed by atoms with Crippen molar-refractivity contribution in [3.05, 3.63) is 167 Å². The third-order valence-electron chi connectivity index (χ3n) is 18.9. The first-order valence-corrected chi connectivity index (χ1v) is 39.1. The predicted octanol–water partition coefficient (Wildman–Crippen LogP) is -1.15. The molecule has 0 radical (unpaired) electrons. The minimum atomic E-state index is -1.89. The predicted molar refractivity (Wildman–Crippen MR) is 429 cm³/mol. The number of fused-ring (bicyclic) bond motifs is 1. The molecular weight excluding hydrogens is 1520 g/mol. The van der Waals surface area contributed by atoms with E-state index in [1.165, 1.54) is 69.4 Å². The van der Waals surface area contributed by atoms with E-state index in [-0.39, 0.29) is 74.0 Å². The van der Waals surface area contributed by atoms with E-state index in [1.54, 1.807) is 119 Å². The van der Waals surface area contributed by atoms with Crippen LogP contribution in [0.3, 0.4) is 0 Å². The number of hydrogen-bond acceptors (Lipinski definition) is 19. The van der Waals surface area contributed by atoms with E-state index in [2.05, 4.69) is 68.8 Å². The first-order valence-electron chi connectivity index (χ1n) is 37.9. The summed E-state index contributed by atoms with van der Waals surface area (Å²) in [6.07, 6.45) is -0.617. The number of nitrogens with one attached hydrogen (secondary N) is 13. The van der Waals surface area contributed by atoms with Crippen molar-refractivity contribution in [2.24, 2.45) is 29.2 Å². The number of rotatable bonds is 21. The van der Waals surface area contributed by atoms with Gasteiger partial charge in [0.2, 0.25) is 88.6 Å².